The van der Waals surface area contributed by atoms with Gasteiger partial charge in [0, 0.05) is 18.3 Å². The first kappa shape index (κ1) is 15.3. The predicted molar refractivity (Wildman–Crippen MR) is 81.3 cm³/mol. The number of rotatable bonds is 4. The smallest absolute Gasteiger partial charge is 0.288 e. The summed E-state index contributed by atoms with van der Waals surface area (Å²) in [5.41, 5.74) is 2.82. The van der Waals surface area contributed by atoms with Crippen LogP contribution in [0.4, 0.5) is 15.8 Å². The fraction of sp³-hybridized carbons (Fsp3) is 0.200. The van der Waals surface area contributed by atoms with Gasteiger partial charge in [0.25, 0.3) is 5.69 Å². The first-order valence-electron chi connectivity index (χ1n) is 6.32. The molecule has 2 rings (SSSR count). The van der Waals surface area contributed by atoms with Crippen molar-refractivity contribution in [1.29, 1.82) is 0 Å². The van der Waals surface area contributed by atoms with Crippen molar-refractivity contribution in [3.05, 3.63) is 68.0 Å². The average molecular weight is 309 g/mol. The fourth-order valence-corrected chi connectivity index (χ4v) is 2.24. The molecule has 0 saturated heterocycles. The number of nitrogens with zero attached hydrogens (tertiary/aromatic N) is 1. The maximum atomic E-state index is 13.2. The molecule has 0 aliphatic carbocycles. The molecule has 6 heteroatoms. The highest BCUT2D eigenvalue weighted by Crippen LogP contribution is 2.30. The Labute approximate surface area is 126 Å². The van der Waals surface area contributed by atoms with Gasteiger partial charge in [0.1, 0.15) is 10.8 Å². The van der Waals surface area contributed by atoms with Gasteiger partial charge >= 0.3 is 0 Å². The number of halogens is 2. The highest BCUT2D eigenvalue weighted by molar-refractivity contribution is 6.33. The van der Waals surface area contributed by atoms with Gasteiger partial charge in [0.05, 0.1) is 4.92 Å². The monoisotopic (exact) mass is 308 g/mol. The number of nitro groups is 1. The number of hydrogen-bond donors (Lipinski definition) is 1. The second-order valence-electron chi connectivity index (χ2n) is 4.81. The molecule has 2 aromatic carbocycles. The number of nitrogens with one attached hydrogen (secondary N) is 1. The lowest BCUT2D eigenvalue weighted by molar-refractivity contribution is -0.384. The Kier molecular flexibility index (Phi) is 4.43. The summed E-state index contributed by atoms with van der Waals surface area (Å²) in [6.45, 7) is 3.95. The van der Waals surface area contributed by atoms with Gasteiger partial charge in [-0.1, -0.05) is 23.7 Å². The highest BCUT2D eigenvalue weighted by Gasteiger charge is 2.14. The van der Waals surface area contributed by atoms with Gasteiger partial charge < -0.3 is 5.32 Å². The van der Waals surface area contributed by atoms with E-state index in [1.54, 1.807) is 26.0 Å². The lowest BCUT2D eigenvalue weighted by atomic mass is 10.1. The van der Waals surface area contributed by atoms with Crippen molar-refractivity contribution in [3.63, 3.8) is 0 Å². The van der Waals surface area contributed by atoms with E-state index in [1.807, 2.05) is 0 Å². The molecule has 0 amide bonds. The van der Waals surface area contributed by atoms with E-state index in [1.165, 1.54) is 18.2 Å². The van der Waals surface area contributed by atoms with E-state index in [4.69, 9.17) is 11.6 Å². The van der Waals surface area contributed by atoms with E-state index < -0.39 is 4.92 Å². The van der Waals surface area contributed by atoms with E-state index in [0.717, 1.165) is 11.1 Å². The number of aryl methyl sites for hydroxylation is 2. The summed E-state index contributed by atoms with van der Waals surface area (Å²) >= 11 is 5.89. The minimum atomic E-state index is -0.511. The molecule has 0 radical (unpaired) electrons. The van der Waals surface area contributed by atoms with Gasteiger partial charge in [-0.2, -0.15) is 0 Å². The summed E-state index contributed by atoms with van der Waals surface area (Å²) in [7, 11) is 0. The van der Waals surface area contributed by atoms with Crippen LogP contribution >= 0.6 is 11.6 Å². The Morgan fingerprint density at radius 2 is 1.95 bits per heavy atom. The number of benzene rings is 2. The molecule has 0 unspecified atom stereocenters. The number of nitro benzene ring substituents is 1. The Hall–Kier alpha value is -2.14. The maximum absolute atomic E-state index is 13.2. The third kappa shape index (κ3) is 3.49. The van der Waals surface area contributed by atoms with Crippen molar-refractivity contribution >= 4 is 23.0 Å². The van der Waals surface area contributed by atoms with Gasteiger partial charge in [-0.05, 0) is 42.7 Å². The van der Waals surface area contributed by atoms with Crippen LogP contribution in [0.3, 0.4) is 0 Å². The van der Waals surface area contributed by atoms with Crippen molar-refractivity contribution in [1.82, 2.24) is 0 Å². The first-order chi connectivity index (χ1) is 9.88. The van der Waals surface area contributed by atoms with Crippen LogP contribution in [0.5, 0.6) is 0 Å². The fourth-order valence-electron chi connectivity index (χ4n) is 2.01. The molecule has 4 nitrogen and oxygen atoms in total. The van der Waals surface area contributed by atoms with Gasteiger partial charge in [0.15, 0.2) is 0 Å². The quantitative estimate of drug-likeness (QED) is 0.662. The summed E-state index contributed by atoms with van der Waals surface area (Å²) < 4.78 is 13.2. The minimum Gasteiger partial charge on any atom is -0.381 e. The van der Waals surface area contributed by atoms with Gasteiger partial charge in [-0.25, -0.2) is 4.39 Å². The first-order valence-corrected chi connectivity index (χ1v) is 6.69. The van der Waals surface area contributed by atoms with Gasteiger partial charge in [-0.15, -0.1) is 0 Å². The molecule has 0 aliphatic rings. The molecule has 0 spiro atoms. The molecule has 0 saturated carbocycles. The zero-order chi connectivity index (χ0) is 15.6. The third-order valence-corrected chi connectivity index (χ3v) is 3.50. The van der Waals surface area contributed by atoms with Crippen LogP contribution in [-0.4, -0.2) is 4.92 Å². The second-order valence-corrected chi connectivity index (χ2v) is 5.22. The molecule has 2 aromatic rings. The third-order valence-electron chi connectivity index (χ3n) is 3.20. The van der Waals surface area contributed by atoms with Crippen LogP contribution in [0.25, 0.3) is 0 Å². The molecule has 0 bridgehead atoms. The summed E-state index contributed by atoms with van der Waals surface area (Å²) in [6, 6.07) is 7.83. The number of hydrogen-bond acceptors (Lipinski definition) is 3. The Bertz CT molecular complexity index is 704. The normalized spacial score (nSPS) is 10.5. The molecule has 0 aliphatic heterocycles. The summed E-state index contributed by atoms with van der Waals surface area (Å²) in [5.74, 6) is -0.242. The average Bonchev–Trinajstić information content (AvgIpc) is 2.42. The molecule has 21 heavy (non-hydrogen) atoms. The van der Waals surface area contributed by atoms with Crippen LogP contribution in [0, 0.1) is 29.8 Å². The van der Waals surface area contributed by atoms with E-state index in [-0.39, 0.29) is 16.5 Å². The van der Waals surface area contributed by atoms with Gasteiger partial charge in [-0.3, -0.25) is 10.1 Å². The Morgan fingerprint density at radius 3 is 2.57 bits per heavy atom. The zero-order valence-electron chi connectivity index (χ0n) is 11.6. The molecule has 1 N–H and O–H groups in total. The molecule has 0 aromatic heterocycles. The van der Waals surface area contributed by atoms with Crippen molar-refractivity contribution < 1.29 is 9.31 Å². The van der Waals surface area contributed by atoms with Crippen molar-refractivity contribution in [3.8, 4) is 0 Å². The summed E-state index contributed by atoms with van der Waals surface area (Å²) in [6.07, 6.45) is 0. The SMILES string of the molecule is Cc1cc(CNc2cc(Cl)c([N+](=O)[O-])cc2C)ccc1F. The van der Waals surface area contributed by atoms with Gasteiger partial charge in [0.2, 0.25) is 0 Å². The van der Waals surface area contributed by atoms with E-state index in [0.29, 0.717) is 17.8 Å². The van der Waals surface area contributed by atoms with E-state index in [9.17, 15) is 14.5 Å². The molecular formula is C15H14ClFN2O2. The van der Waals surface area contributed by atoms with Crippen LogP contribution in [-0.2, 0) is 6.54 Å². The van der Waals surface area contributed by atoms with Crippen LogP contribution in [0.2, 0.25) is 5.02 Å². The predicted octanol–water partition coefficient (Wildman–Crippen LogP) is 4.62. The number of anilines is 1. The van der Waals surface area contributed by atoms with Crippen LogP contribution in [0.1, 0.15) is 16.7 Å². The molecule has 0 fully saturated rings. The summed E-state index contributed by atoms with van der Waals surface area (Å²) in [4.78, 5) is 10.3. The molecule has 0 heterocycles. The highest BCUT2D eigenvalue weighted by atomic mass is 35.5. The maximum Gasteiger partial charge on any atom is 0.288 e. The molecular weight excluding hydrogens is 295 g/mol. The van der Waals surface area contributed by atoms with Crippen molar-refractivity contribution in [2.24, 2.45) is 0 Å². The van der Waals surface area contributed by atoms with E-state index in [2.05, 4.69) is 5.32 Å². The van der Waals surface area contributed by atoms with Crippen molar-refractivity contribution in [2.75, 3.05) is 5.32 Å². The van der Waals surface area contributed by atoms with Crippen LogP contribution < -0.4 is 5.32 Å². The largest absolute Gasteiger partial charge is 0.381 e. The second kappa shape index (κ2) is 6.10. The lowest BCUT2D eigenvalue weighted by Crippen LogP contribution is -2.02. The molecule has 0 atom stereocenters. The van der Waals surface area contributed by atoms with Crippen LogP contribution in [0.15, 0.2) is 30.3 Å². The summed E-state index contributed by atoms with van der Waals surface area (Å²) in [5, 5.41) is 14.0. The zero-order valence-corrected chi connectivity index (χ0v) is 12.4. The standard InChI is InChI=1S/C15H14ClFN2O2/c1-9-5-11(3-4-13(9)17)8-18-14-7-12(16)15(19(20)21)6-10(14)2/h3-7,18H,8H2,1-2H3. The Balaban J connectivity index is 2.18. The minimum absolute atomic E-state index is 0.0865. The Morgan fingerprint density at radius 1 is 1.24 bits per heavy atom. The van der Waals surface area contributed by atoms with Crippen molar-refractivity contribution in [2.45, 2.75) is 20.4 Å². The molecule has 110 valence electrons. The van der Waals surface area contributed by atoms with E-state index >= 15 is 0 Å². The lowest BCUT2D eigenvalue weighted by Gasteiger charge is -2.11. The topological polar surface area (TPSA) is 55.2 Å².